The second-order valence-electron chi connectivity index (χ2n) is 6.16. The molecule has 0 radical (unpaired) electrons. The minimum atomic E-state index is -1.28. The number of benzene rings is 2. The van der Waals surface area contributed by atoms with Crippen LogP contribution in [0.3, 0.4) is 0 Å². The molecule has 0 saturated carbocycles. The summed E-state index contributed by atoms with van der Waals surface area (Å²) in [5, 5.41) is 21.3. The number of amides is 2. The summed E-state index contributed by atoms with van der Waals surface area (Å²) >= 11 is 6.40. The number of carboxylic acid groups (broad SMARTS) is 1. The minimum Gasteiger partial charge on any atom is -0.507 e. The number of hydrogen-bond acceptors (Lipinski definition) is 6. The van der Waals surface area contributed by atoms with E-state index in [9.17, 15) is 19.5 Å². The van der Waals surface area contributed by atoms with Gasteiger partial charge in [-0.05, 0) is 30.7 Å². The zero-order valence-corrected chi connectivity index (χ0v) is 16.8. The van der Waals surface area contributed by atoms with E-state index in [4.69, 9.17) is 17.3 Å². The number of anilines is 1. The third kappa shape index (κ3) is 4.47. The second kappa shape index (κ2) is 8.46. The third-order valence-electron chi connectivity index (χ3n) is 4.18. The van der Waals surface area contributed by atoms with E-state index in [-0.39, 0.29) is 21.5 Å². The Bertz CT molecular complexity index is 1040. The van der Waals surface area contributed by atoms with Crippen LogP contribution in [0.25, 0.3) is 6.08 Å². The highest BCUT2D eigenvalue weighted by Gasteiger charge is 2.38. The van der Waals surface area contributed by atoms with E-state index in [0.29, 0.717) is 4.91 Å². The normalized spacial score (nSPS) is 16.2. The average Bonchev–Trinajstić information content (AvgIpc) is 2.95. The Morgan fingerprint density at radius 1 is 1.21 bits per heavy atom. The van der Waals surface area contributed by atoms with Gasteiger partial charge in [0, 0.05) is 11.8 Å². The van der Waals surface area contributed by atoms with Gasteiger partial charge in [-0.1, -0.05) is 54.3 Å². The summed E-state index contributed by atoms with van der Waals surface area (Å²) in [6, 6.07) is 12.1. The van der Waals surface area contributed by atoms with Crippen LogP contribution in [0.5, 0.6) is 5.75 Å². The molecule has 1 heterocycles. The SMILES string of the molecule is CC(C(=O)Nc1ccc(C(=O)O)c(O)c1)N1C(=O)C(=Cc2ccccc2)SC1=S. The van der Waals surface area contributed by atoms with Crippen molar-refractivity contribution in [3.05, 3.63) is 64.6 Å². The van der Waals surface area contributed by atoms with E-state index in [1.54, 1.807) is 6.08 Å². The molecule has 2 aromatic carbocycles. The number of carboxylic acids is 1. The highest BCUT2D eigenvalue weighted by atomic mass is 32.2. The van der Waals surface area contributed by atoms with Crippen molar-refractivity contribution in [1.82, 2.24) is 4.90 Å². The second-order valence-corrected chi connectivity index (χ2v) is 7.84. The first-order chi connectivity index (χ1) is 13.8. The lowest BCUT2D eigenvalue weighted by molar-refractivity contribution is -0.129. The number of rotatable bonds is 5. The maximum atomic E-state index is 12.8. The van der Waals surface area contributed by atoms with Gasteiger partial charge in [0.2, 0.25) is 5.91 Å². The lowest BCUT2D eigenvalue weighted by Gasteiger charge is -2.22. The molecule has 2 aromatic rings. The zero-order chi connectivity index (χ0) is 21.1. The maximum Gasteiger partial charge on any atom is 0.339 e. The van der Waals surface area contributed by atoms with Crippen LogP contribution in [0.1, 0.15) is 22.8 Å². The molecule has 9 heteroatoms. The van der Waals surface area contributed by atoms with Crippen LogP contribution in [0.15, 0.2) is 53.4 Å². The van der Waals surface area contributed by atoms with Crippen LogP contribution in [0.2, 0.25) is 0 Å². The summed E-state index contributed by atoms with van der Waals surface area (Å²) in [6.07, 6.45) is 1.71. The smallest absolute Gasteiger partial charge is 0.339 e. The fourth-order valence-electron chi connectivity index (χ4n) is 2.67. The first-order valence-corrected chi connectivity index (χ1v) is 9.69. The van der Waals surface area contributed by atoms with Crippen molar-refractivity contribution in [3.8, 4) is 5.75 Å². The van der Waals surface area contributed by atoms with Crippen molar-refractivity contribution in [3.63, 3.8) is 0 Å². The number of carbonyl (C=O) groups excluding carboxylic acids is 2. The average molecular weight is 428 g/mol. The van der Waals surface area contributed by atoms with Gasteiger partial charge in [0.1, 0.15) is 21.7 Å². The van der Waals surface area contributed by atoms with Crippen LogP contribution >= 0.6 is 24.0 Å². The van der Waals surface area contributed by atoms with Gasteiger partial charge >= 0.3 is 5.97 Å². The highest BCUT2D eigenvalue weighted by molar-refractivity contribution is 8.26. The van der Waals surface area contributed by atoms with Gasteiger partial charge in [-0.25, -0.2) is 4.79 Å². The summed E-state index contributed by atoms with van der Waals surface area (Å²) in [7, 11) is 0. The maximum absolute atomic E-state index is 12.8. The molecule has 1 unspecified atom stereocenters. The van der Waals surface area contributed by atoms with E-state index in [0.717, 1.165) is 23.4 Å². The summed E-state index contributed by atoms with van der Waals surface area (Å²) in [5.74, 6) is -2.64. The summed E-state index contributed by atoms with van der Waals surface area (Å²) in [4.78, 5) is 38.0. The summed E-state index contributed by atoms with van der Waals surface area (Å²) in [6.45, 7) is 1.54. The molecule has 3 rings (SSSR count). The van der Waals surface area contributed by atoms with Crippen LogP contribution in [-0.2, 0) is 9.59 Å². The lowest BCUT2D eigenvalue weighted by atomic mass is 10.1. The Morgan fingerprint density at radius 3 is 2.52 bits per heavy atom. The van der Waals surface area contributed by atoms with Crippen molar-refractivity contribution < 1.29 is 24.6 Å². The molecule has 0 aliphatic carbocycles. The predicted octanol–water partition coefficient (Wildman–Crippen LogP) is 3.32. The van der Waals surface area contributed by atoms with E-state index in [1.807, 2.05) is 30.3 Å². The molecule has 0 bridgehead atoms. The summed E-state index contributed by atoms with van der Waals surface area (Å²) < 4.78 is 0.268. The van der Waals surface area contributed by atoms with Gasteiger partial charge in [0.05, 0.1) is 4.91 Å². The Labute approximate surface area is 176 Å². The summed E-state index contributed by atoms with van der Waals surface area (Å²) in [5.41, 5.74) is 0.771. The quantitative estimate of drug-likeness (QED) is 0.495. The molecule has 1 atom stereocenters. The van der Waals surface area contributed by atoms with Crippen molar-refractivity contribution in [2.75, 3.05) is 5.32 Å². The van der Waals surface area contributed by atoms with Gasteiger partial charge in [0.15, 0.2) is 0 Å². The first-order valence-electron chi connectivity index (χ1n) is 8.47. The van der Waals surface area contributed by atoms with Crippen LogP contribution in [0, 0.1) is 0 Å². The number of thioether (sulfide) groups is 1. The Morgan fingerprint density at radius 2 is 1.90 bits per heavy atom. The molecule has 1 fully saturated rings. The third-order valence-corrected chi connectivity index (χ3v) is 5.51. The number of carbonyl (C=O) groups is 3. The highest BCUT2D eigenvalue weighted by Crippen LogP contribution is 2.34. The van der Waals surface area contributed by atoms with Gasteiger partial charge < -0.3 is 15.5 Å². The van der Waals surface area contributed by atoms with Crippen molar-refractivity contribution in [2.24, 2.45) is 0 Å². The molecular formula is C20H16N2O5S2. The number of aromatic carboxylic acids is 1. The number of nitrogens with one attached hydrogen (secondary N) is 1. The van der Waals surface area contributed by atoms with Gasteiger partial charge in [0.25, 0.3) is 5.91 Å². The molecule has 1 aliphatic heterocycles. The number of nitrogens with zero attached hydrogens (tertiary/aromatic N) is 1. The molecule has 3 N–H and O–H groups in total. The van der Waals surface area contributed by atoms with Crippen LogP contribution in [0.4, 0.5) is 5.69 Å². The fraction of sp³-hybridized carbons (Fsp3) is 0.100. The van der Waals surface area contributed by atoms with Gasteiger partial charge in [-0.2, -0.15) is 0 Å². The number of phenols is 1. The van der Waals surface area contributed by atoms with Gasteiger partial charge in [-0.3, -0.25) is 14.5 Å². The topological polar surface area (TPSA) is 107 Å². The number of aromatic hydroxyl groups is 1. The molecule has 0 spiro atoms. The molecular weight excluding hydrogens is 412 g/mol. The number of thiocarbonyl (C=S) groups is 1. The Balaban J connectivity index is 1.75. The van der Waals surface area contributed by atoms with Crippen LogP contribution in [-0.4, -0.2) is 43.3 Å². The first kappa shape index (κ1) is 20.6. The number of hydrogen-bond donors (Lipinski definition) is 3. The van der Waals surface area contributed by atoms with E-state index in [1.165, 1.54) is 24.0 Å². The van der Waals surface area contributed by atoms with Crippen molar-refractivity contribution >= 4 is 57.8 Å². The minimum absolute atomic E-state index is 0.203. The predicted molar refractivity (Wildman–Crippen MR) is 115 cm³/mol. The Kier molecular flexibility index (Phi) is 6.00. The molecule has 7 nitrogen and oxygen atoms in total. The van der Waals surface area contributed by atoms with Crippen molar-refractivity contribution in [1.29, 1.82) is 0 Å². The lowest BCUT2D eigenvalue weighted by Crippen LogP contribution is -2.44. The standard InChI is InChI=1S/C20H16N2O5S2/c1-11(17(24)21-13-7-8-14(19(26)27)15(23)10-13)22-18(25)16(29-20(22)28)9-12-5-3-2-4-6-12/h2-11,23H,1H3,(H,21,24)(H,26,27). The molecule has 0 aromatic heterocycles. The van der Waals surface area contributed by atoms with Gasteiger partial charge in [-0.15, -0.1) is 0 Å². The Hall–Kier alpha value is -3.17. The molecule has 148 valence electrons. The zero-order valence-electron chi connectivity index (χ0n) is 15.2. The largest absolute Gasteiger partial charge is 0.507 e. The molecule has 29 heavy (non-hydrogen) atoms. The monoisotopic (exact) mass is 428 g/mol. The van der Waals surface area contributed by atoms with E-state index >= 15 is 0 Å². The fourth-order valence-corrected chi connectivity index (χ4v) is 4.09. The van der Waals surface area contributed by atoms with E-state index < -0.39 is 23.7 Å². The van der Waals surface area contributed by atoms with Crippen molar-refractivity contribution in [2.45, 2.75) is 13.0 Å². The molecule has 1 saturated heterocycles. The molecule has 2 amide bonds. The molecule has 1 aliphatic rings. The van der Waals surface area contributed by atoms with E-state index in [2.05, 4.69) is 5.32 Å². The van der Waals surface area contributed by atoms with Crippen LogP contribution < -0.4 is 5.32 Å².